The van der Waals surface area contributed by atoms with Gasteiger partial charge in [-0.15, -0.1) is 0 Å². The average Bonchev–Trinajstić information content (AvgIpc) is 1.56. The smallest absolute Gasteiger partial charge is 0.238 e. The van der Waals surface area contributed by atoms with Crippen molar-refractivity contribution < 1.29 is 8.83 Å². The Bertz CT molecular complexity index is 7970. The summed E-state index contributed by atoms with van der Waals surface area (Å²) in [6, 6.07) is 131. The van der Waals surface area contributed by atoms with Crippen LogP contribution in [0.5, 0.6) is 0 Å². The molecule has 0 amide bonds. The van der Waals surface area contributed by atoms with Gasteiger partial charge >= 0.3 is 0 Å². The topological polar surface area (TPSA) is 123 Å². The Labute approximate surface area is 651 Å². The van der Waals surface area contributed by atoms with Gasteiger partial charge in [0, 0.05) is 92.7 Å². The molecule has 8 heterocycles. The van der Waals surface area contributed by atoms with E-state index in [0.29, 0.717) is 35.2 Å². The molecule has 0 spiro atoms. The van der Waals surface area contributed by atoms with Gasteiger partial charge in [0.25, 0.3) is 0 Å². The van der Waals surface area contributed by atoms with Gasteiger partial charge in [0.1, 0.15) is 22.3 Å². The molecule has 0 N–H and O–H groups in total. The van der Waals surface area contributed by atoms with Gasteiger partial charge in [0.15, 0.2) is 23.3 Å². The van der Waals surface area contributed by atoms with Gasteiger partial charge in [0.2, 0.25) is 11.9 Å². The molecule has 0 bridgehead atoms. The van der Waals surface area contributed by atoms with Crippen LogP contribution in [0.25, 0.3) is 222 Å². The molecule has 0 unspecified atom stereocenters. The molecule has 532 valence electrons. The molecule has 0 fully saturated rings. The molecule has 0 saturated heterocycles. The van der Waals surface area contributed by atoms with Gasteiger partial charge in [0.05, 0.1) is 49.7 Å². The lowest BCUT2D eigenvalue weighted by atomic mass is 10.0. The first-order valence-corrected chi connectivity index (χ1v) is 38.2. The summed E-state index contributed by atoms with van der Waals surface area (Å²) in [6.45, 7) is 0. The van der Waals surface area contributed by atoms with Crippen LogP contribution in [-0.4, -0.2) is 48.2 Å². The monoisotopic (exact) mass is 1460 g/mol. The van der Waals surface area contributed by atoms with Gasteiger partial charge in [-0.05, 0) is 131 Å². The first-order valence-electron chi connectivity index (χ1n) is 38.2. The van der Waals surface area contributed by atoms with E-state index in [1.54, 1.807) is 0 Å². The fourth-order valence-corrected chi connectivity index (χ4v) is 17.1. The first-order chi connectivity index (χ1) is 56.5. The summed E-state index contributed by atoms with van der Waals surface area (Å²) in [6.07, 6.45) is 0. The standard InChI is InChI=1S/2C51H31N5O/c1-3-14-32(15-4-1)33-16-13-17-34(28-33)49-52-50(35-26-27-40-39-22-9-12-25-47(39)57-48(40)29-35)54-51(53-49)56-44-24-11-8-21-38(44)42-30-41-37-20-7-10-23-43(37)55(45(41)31-46(42)56)36-18-5-2-6-19-36;1-3-14-32(15-4-1)33-26-28-34(29-27-33)49-52-50(40-22-13-21-39-38-20-9-12-25-47(38)57-48(39)40)54-51(53-49)56-44-24-11-8-19-37(44)42-30-41-36-18-7-10-23-43(36)55(45(41)31-46(42)56)35-16-5-2-6-17-35/h2*1-31H. The van der Waals surface area contributed by atoms with Crippen molar-refractivity contribution in [2.75, 3.05) is 0 Å². The van der Waals surface area contributed by atoms with Crippen LogP contribution in [0.2, 0.25) is 0 Å². The third-order valence-electron chi connectivity index (χ3n) is 22.4. The maximum absolute atomic E-state index is 6.54. The van der Waals surface area contributed by atoms with Crippen LogP contribution in [0.1, 0.15) is 0 Å². The van der Waals surface area contributed by atoms with E-state index < -0.39 is 0 Å². The zero-order chi connectivity index (χ0) is 74.9. The molecule has 0 radical (unpaired) electrons. The molecule has 24 rings (SSSR count). The molecule has 12 heteroatoms. The van der Waals surface area contributed by atoms with E-state index in [-0.39, 0.29) is 0 Å². The van der Waals surface area contributed by atoms with Crippen molar-refractivity contribution in [1.82, 2.24) is 48.2 Å². The summed E-state index contributed by atoms with van der Waals surface area (Å²) in [5.74, 6) is 3.34. The molecule has 0 saturated carbocycles. The predicted octanol–water partition coefficient (Wildman–Crippen LogP) is 25.9. The Morgan fingerprint density at radius 1 is 0.175 bits per heavy atom. The minimum absolute atomic E-state index is 0.531. The molecule has 0 atom stereocenters. The van der Waals surface area contributed by atoms with Crippen molar-refractivity contribution in [1.29, 1.82) is 0 Å². The van der Waals surface area contributed by atoms with E-state index in [4.69, 9.17) is 38.7 Å². The maximum Gasteiger partial charge on any atom is 0.238 e. The fraction of sp³-hybridized carbons (Fsp3) is 0. The molecular weight excluding hydrogens is 1400 g/mol. The number of aromatic nitrogens is 10. The molecule has 114 heavy (non-hydrogen) atoms. The summed E-state index contributed by atoms with van der Waals surface area (Å²) >= 11 is 0. The second-order valence-electron chi connectivity index (χ2n) is 28.9. The van der Waals surface area contributed by atoms with Crippen molar-refractivity contribution in [3.05, 3.63) is 376 Å². The number of nitrogens with zero attached hydrogens (tertiary/aromatic N) is 10. The van der Waals surface area contributed by atoms with Crippen molar-refractivity contribution in [3.63, 3.8) is 0 Å². The van der Waals surface area contributed by atoms with Gasteiger partial charge in [-0.25, -0.2) is 9.97 Å². The van der Waals surface area contributed by atoms with Crippen molar-refractivity contribution in [3.8, 4) is 91.1 Å². The molecule has 8 aromatic heterocycles. The Kier molecular flexibility index (Phi) is 14.7. The average molecular weight is 1460 g/mol. The normalized spacial score (nSPS) is 11.9. The number of rotatable bonds is 10. The summed E-state index contributed by atoms with van der Waals surface area (Å²) in [5, 5.41) is 13.5. The number of furan rings is 2. The number of benzene rings is 16. The molecule has 24 aromatic rings. The highest BCUT2D eigenvalue weighted by Gasteiger charge is 2.26. The van der Waals surface area contributed by atoms with Gasteiger partial charge < -0.3 is 18.0 Å². The molecule has 0 aliphatic carbocycles. The third-order valence-corrected chi connectivity index (χ3v) is 22.4. The Morgan fingerprint density at radius 3 is 1.05 bits per heavy atom. The minimum Gasteiger partial charge on any atom is -0.456 e. The van der Waals surface area contributed by atoms with E-state index in [9.17, 15) is 0 Å². The van der Waals surface area contributed by atoms with Gasteiger partial charge in [-0.3, -0.25) is 9.13 Å². The van der Waals surface area contributed by atoms with Crippen LogP contribution in [-0.2, 0) is 0 Å². The Morgan fingerprint density at radius 2 is 0.518 bits per heavy atom. The Balaban J connectivity index is 0.000000135. The highest BCUT2D eigenvalue weighted by Crippen LogP contribution is 2.44. The summed E-state index contributed by atoms with van der Waals surface area (Å²) < 4.78 is 22.0. The van der Waals surface area contributed by atoms with Crippen LogP contribution in [0, 0.1) is 0 Å². The number of fused-ring (bicyclic) bond motifs is 18. The number of para-hydroxylation sites is 9. The highest BCUT2D eigenvalue weighted by molar-refractivity contribution is 6.21. The third kappa shape index (κ3) is 10.5. The second-order valence-corrected chi connectivity index (χ2v) is 28.9. The van der Waals surface area contributed by atoms with Gasteiger partial charge in [-0.2, -0.15) is 19.9 Å². The number of hydrogen-bond acceptors (Lipinski definition) is 8. The van der Waals surface area contributed by atoms with Crippen molar-refractivity contribution in [2.24, 2.45) is 0 Å². The lowest BCUT2D eigenvalue weighted by molar-refractivity contribution is 0.669. The van der Waals surface area contributed by atoms with Crippen molar-refractivity contribution >= 4 is 131 Å². The quantitative estimate of drug-likeness (QED) is 0.133. The zero-order valence-electron chi connectivity index (χ0n) is 61.1. The van der Waals surface area contributed by atoms with Crippen LogP contribution < -0.4 is 0 Å². The molecule has 0 aliphatic rings. The summed E-state index contributed by atoms with van der Waals surface area (Å²) in [5.41, 5.74) is 22.0. The number of hydrogen-bond donors (Lipinski definition) is 0. The second kappa shape index (κ2) is 26.0. The largest absolute Gasteiger partial charge is 0.456 e. The van der Waals surface area contributed by atoms with E-state index in [2.05, 4.69) is 334 Å². The SMILES string of the molecule is c1ccc(-c2ccc(-c3nc(-c4cccc5c4oc4ccccc45)nc(-n4c5ccccc5c5cc6c7ccccc7n(-c7ccccc7)c6cc54)n3)cc2)cc1.c1ccc(-c2cccc(-c3nc(-c4ccc5c(c4)oc4ccccc45)nc(-n4c5ccccc5c5cc6c7ccccc7n(-c7ccccc7)c6cc54)n3)c2)cc1. The summed E-state index contributed by atoms with van der Waals surface area (Å²) in [7, 11) is 0. The van der Waals surface area contributed by atoms with E-state index in [0.717, 1.165) is 165 Å². The molecule has 0 aliphatic heterocycles. The maximum atomic E-state index is 6.54. The minimum atomic E-state index is 0.531. The first kappa shape index (κ1) is 64.3. The molecule has 12 nitrogen and oxygen atoms in total. The summed E-state index contributed by atoms with van der Waals surface area (Å²) in [4.78, 5) is 31.7. The van der Waals surface area contributed by atoms with Crippen LogP contribution in [0.4, 0.5) is 0 Å². The van der Waals surface area contributed by atoms with Crippen LogP contribution in [0.3, 0.4) is 0 Å². The van der Waals surface area contributed by atoms with E-state index in [1.807, 2.05) is 60.7 Å². The van der Waals surface area contributed by atoms with E-state index in [1.165, 1.54) is 21.5 Å². The highest BCUT2D eigenvalue weighted by atomic mass is 16.3. The van der Waals surface area contributed by atoms with Crippen molar-refractivity contribution in [2.45, 2.75) is 0 Å². The zero-order valence-corrected chi connectivity index (χ0v) is 61.1. The molecule has 16 aromatic carbocycles. The lowest BCUT2D eigenvalue weighted by Gasteiger charge is -2.12. The fourth-order valence-electron chi connectivity index (χ4n) is 17.1. The Hall–Kier alpha value is -15.7. The van der Waals surface area contributed by atoms with Crippen LogP contribution >= 0.6 is 0 Å². The predicted molar refractivity (Wildman–Crippen MR) is 464 cm³/mol. The molecular formula is C102H62N10O2. The van der Waals surface area contributed by atoms with E-state index >= 15 is 0 Å². The lowest BCUT2D eigenvalue weighted by Crippen LogP contribution is -2.06. The van der Waals surface area contributed by atoms with Gasteiger partial charge in [-0.1, -0.05) is 267 Å². The van der Waals surface area contributed by atoms with Crippen LogP contribution in [0.15, 0.2) is 385 Å².